The average Bonchev–Trinajstić information content (AvgIpc) is 2.86. The first-order chi connectivity index (χ1) is 9.49. The molecule has 0 aromatic heterocycles. The molecular weight excluding hydrogens is 260 g/mol. The summed E-state index contributed by atoms with van der Waals surface area (Å²) in [6, 6.07) is -1.24. The Bertz CT molecular complexity index is 314. The number of hydrogen-bond donors (Lipinski definition) is 3. The Morgan fingerprint density at radius 1 is 1.40 bits per heavy atom. The van der Waals surface area contributed by atoms with Crippen LogP contribution < -0.4 is 10.6 Å². The van der Waals surface area contributed by atoms with E-state index in [9.17, 15) is 9.59 Å². The first kappa shape index (κ1) is 16.8. The Balaban J connectivity index is 2.15. The van der Waals surface area contributed by atoms with Gasteiger partial charge in [0.2, 0.25) is 0 Å². The predicted molar refractivity (Wildman–Crippen MR) is 75.6 cm³/mol. The molecule has 0 aromatic carbocycles. The molecule has 2 unspecified atom stereocenters. The number of carboxylic acid groups (broad SMARTS) is 1. The average molecular weight is 286 g/mol. The highest BCUT2D eigenvalue weighted by molar-refractivity contribution is 5.82. The van der Waals surface area contributed by atoms with E-state index in [0.29, 0.717) is 19.1 Å². The van der Waals surface area contributed by atoms with E-state index in [2.05, 4.69) is 10.6 Å². The molecule has 0 bridgehead atoms. The number of aliphatic carboxylic acids is 1. The number of urea groups is 1. The van der Waals surface area contributed by atoms with Crippen LogP contribution in [-0.4, -0.2) is 42.4 Å². The lowest BCUT2D eigenvalue weighted by Crippen LogP contribution is -2.46. The fourth-order valence-corrected chi connectivity index (χ4v) is 2.31. The van der Waals surface area contributed by atoms with Gasteiger partial charge in [-0.05, 0) is 38.0 Å². The fraction of sp³-hybridized carbons (Fsp3) is 0.857. The van der Waals surface area contributed by atoms with E-state index in [-0.39, 0.29) is 5.92 Å². The van der Waals surface area contributed by atoms with Crippen LogP contribution in [0.25, 0.3) is 0 Å². The number of carboxylic acids is 1. The smallest absolute Gasteiger partial charge is 0.326 e. The zero-order valence-corrected chi connectivity index (χ0v) is 12.4. The molecule has 1 rings (SSSR count). The summed E-state index contributed by atoms with van der Waals surface area (Å²) >= 11 is 0. The number of hydrogen-bond acceptors (Lipinski definition) is 3. The quantitative estimate of drug-likeness (QED) is 0.593. The number of nitrogens with one attached hydrogen (secondary N) is 2. The monoisotopic (exact) mass is 286 g/mol. The standard InChI is InChI=1S/C14H26N2O4/c1-10(2)9-12(13(17)18)16-14(19)15-7-3-5-11-6-4-8-20-11/h10-12H,3-9H2,1-2H3,(H,17,18)(H2,15,16,19). The molecule has 116 valence electrons. The normalized spacial score (nSPS) is 19.9. The topological polar surface area (TPSA) is 87.7 Å². The minimum atomic E-state index is -0.992. The van der Waals surface area contributed by atoms with Crippen LogP contribution in [0.3, 0.4) is 0 Å². The molecule has 0 saturated carbocycles. The number of rotatable bonds is 8. The third-order valence-corrected chi connectivity index (χ3v) is 3.32. The van der Waals surface area contributed by atoms with Gasteiger partial charge >= 0.3 is 12.0 Å². The first-order valence-corrected chi connectivity index (χ1v) is 7.37. The van der Waals surface area contributed by atoms with Crippen molar-refractivity contribution in [2.24, 2.45) is 5.92 Å². The highest BCUT2D eigenvalue weighted by Gasteiger charge is 2.21. The summed E-state index contributed by atoms with van der Waals surface area (Å²) in [7, 11) is 0. The van der Waals surface area contributed by atoms with Gasteiger partial charge in [-0.25, -0.2) is 9.59 Å². The van der Waals surface area contributed by atoms with Crippen LogP contribution in [0, 0.1) is 5.92 Å². The van der Waals surface area contributed by atoms with Crippen molar-refractivity contribution in [3.05, 3.63) is 0 Å². The molecule has 1 heterocycles. The van der Waals surface area contributed by atoms with Crippen molar-refractivity contribution in [1.29, 1.82) is 0 Å². The lowest BCUT2D eigenvalue weighted by Gasteiger charge is -2.17. The highest BCUT2D eigenvalue weighted by Crippen LogP contribution is 2.16. The zero-order chi connectivity index (χ0) is 15.0. The van der Waals surface area contributed by atoms with Crippen LogP contribution >= 0.6 is 0 Å². The molecule has 3 N–H and O–H groups in total. The SMILES string of the molecule is CC(C)CC(NC(=O)NCCCC1CCCO1)C(=O)O. The summed E-state index contributed by atoms with van der Waals surface area (Å²) in [6.07, 6.45) is 4.76. The molecule has 1 aliphatic heterocycles. The summed E-state index contributed by atoms with van der Waals surface area (Å²) in [6.45, 7) is 5.24. The van der Waals surface area contributed by atoms with E-state index in [0.717, 1.165) is 32.3 Å². The molecule has 20 heavy (non-hydrogen) atoms. The minimum Gasteiger partial charge on any atom is -0.480 e. The van der Waals surface area contributed by atoms with Crippen LogP contribution in [0.4, 0.5) is 4.79 Å². The van der Waals surface area contributed by atoms with E-state index >= 15 is 0 Å². The summed E-state index contributed by atoms with van der Waals surface area (Å²) in [4.78, 5) is 22.6. The van der Waals surface area contributed by atoms with E-state index in [4.69, 9.17) is 9.84 Å². The van der Waals surface area contributed by atoms with Gasteiger partial charge in [-0.15, -0.1) is 0 Å². The maximum atomic E-state index is 11.6. The highest BCUT2D eigenvalue weighted by atomic mass is 16.5. The van der Waals surface area contributed by atoms with Crippen LogP contribution in [0.15, 0.2) is 0 Å². The maximum absolute atomic E-state index is 11.6. The third kappa shape index (κ3) is 6.75. The molecular formula is C14H26N2O4. The number of carbonyl (C=O) groups is 2. The maximum Gasteiger partial charge on any atom is 0.326 e. The second-order valence-corrected chi connectivity index (χ2v) is 5.70. The number of amides is 2. The molecule has 0 spiro atoms. The summed E-state index contributed by atoms with van der Waals surface area (Å²) in [5.41, 5.74) is 0. The molecule has 1 aliphatic rings. The van der Waals surface area contributed by atoms with Crippen LogP contribution in [-0.2, 0) is 9.53 Å². The van der Waals surface area contributed by atoms with Crippen LogP contribution in [0.1, 0.15) is 46.0 Å². The molecule has 0 aromatic rings. The van der Waals surface area contributed by atoms with Crippen molar-refractivity contribution in [2.75, 3.05) is 13.2 Å². The Morgan fingerprint density at radius 2 is 2.15 bits per heavy atom. The van der Waals surface area contributed by atoms with Crippen molar-refractivity contribution in [3.63, 3.8) is 0 Å². The number of carbonyl (C=O) groups excluding carboxylic acids is 1. The molecule has 0 aliphatic carbocycles. The summed E-state index contributed by atoms with van der Waals surface area (Å²) < 4.78 is 5.49. The second kappa shape index (κ2) is 8.79. The van der Waals surface area contributed by atoms with Gasteiger partial charge in [-0.3, -0.25) is 0 Å². The lowest BCUT2D eigenvalue weighted by atomic mass is 10.0. The van der Waals surface area contributed by atoms with E-state index in [1.54, 1.807) is 0 Å². The van der Waals surface area contributed by atoms with Crippen molar-refractivity contribution in [3.8, 4) is 0 Å². The van der Waals surface area contributed by atoms with E-state index in [1.165, 1.54) is 0 Å². The molecule has 6 heteroatoms. The van der Waals surface area contributed by atoms with E-state index in [1.807, 2.05) is 13.8 Å². The Hall–Kier alpha value is -1.30. The predicted octanol–water partition coefficient (Wildman–Crippen LogP) is 1.74. The van der Waals surface area contributed by atoms with Crippen molar-refractivity contribution in [2.45, 2.75) is 58.1 Å². The van der Waals surface area contributed by atoms with Gasteiger partial charge in [0, 0.05) is 13.2 Å². The van der Waals surface area contributed by atoms with Crippen molar-refractivity contribution < 1.29 is 19.4 Å². The molecule has 1 fully saturated rings. The van der Waals surface area contributed by atoms with Gasteiger partial charge in [0.15, 0.2) is 0 Å². The van der Waals surface area contributed by atoms with Crippen molar-refractivity contribution in [1.82, 2.24) is 10.6 Å². The fourth-order valence-electron chi connectivity index (χ4n) is 2.31. The van der Waals surface area contributed by atoms with Gasteiger partial charge in [-0.2, -0.15) is 0 Å². The Labute approximate surface area is 120 Å². The van der Waals surface area contributed by atoms with Gasteiger partial charge in [0.05, 0.1) is 6.10 Å². The molecule has 6 nitrogen and oxygen atoms in total. The van der Waals surface area contributed by atoms with Crippen LogP contribution in [0.5, 0.6) is 0 Å². The third-order valence-electron chi connectivity index (χ3n) is 3.32. The zero-order valence-electron chi connectivity index (χ0n) is 12.4. The summed E-state index contributed by atoms with van der Waals surface area (Å²) in [5.74, 6) is -0.774. The van der Waals surface area contributed by atoms with Gasteiger partial charge in [-0.1, -0.05) is 13.8 Å². The molecule has 0 radical (unpaired) electrons. The van der Waals surface area contributed by atoms with Gasteiger partial charge in [0.1, 0.15) is 6.04 Å². The first-order valence-electron chi connectivity index (χ1n) is 7.37. The molecule has 2 atom stereocenters. The van der Waals surface area contributed by atoms with Gasteiger partial charge in [0.25, 0.3) is 0 Å². The van der Waals surface area contributed by atoms with Crippen LogP contribution in [0.2, 0.25) is 0 Å². The van der Waals surface area contributed by atoms with Crippen molar-refractivity contribution >= 4 is 12.0 Å². The lowest BCUT2D eigenvalue weighted by molar-refractivity contribution is -0.139. The number of ether oxygens (including phenoxy) is 1. The largest absolute Gasteiger partial charge is 0.480 e. The van der Waals surface area contributed by atoms with Gasteiger partial charge < -0.3 is 20.5 Å². The Kier molecular flexibility index (Phi) is 7.36. The van der Waals surface area contributed by atoms with E-state index < -0.39 is 18.0 Å². The second-order valence-electron chi connectivity index (χ2n) is 5.70. The molecule has 2 amide bonds. The molecule has 1 saturated heterocycles. The summed E-state index contributed by atoms with van der Waals surface area (Å²) in [5, 5.41) is 14.2. The minimum absolute atomic E-state index is 0.218. The Morgan fingerprint density at radius 3 is 2.70 bits per heavy atom.